The van der Waals surface area contributed by atoms with Crippen molar-refractivity contribution in [3.05, 3.63) is 0 Å². The summed E-state index contributed by atoms with van der Waals surface area (Å²) in [5.41, 5.74) is 6.20. The van der Waals surface area contributed by atoms with Crippen molar-refractivity contribution in [3.63, 3.8) is 0 Å². The van der Waals surface area contributed by atoms with Crippen LogP contribution in [0.1, 0.15) is 47.0 Å². The van der Waals surface area contributed by atoms with Gasteiger partial charge in [-0.05, 0) is 44.7 Å². The van der Waals surface area contributed by atoms with E-state index >= 15 is 0 Å². The molecule has 124 valence electrons. The third-order valence-electron chi connectivity index (χ3n) is 5.42. The largest absolute Gasteiger partial charge is 0.341 e. The number of nitrogens with zero attached hydrogens (tertiary/aromatic N) is 2. The van der Waals surface area contributed by atoms with Crippen LogP contribution in [0, 0.1) is 17.3 Å². The zero-order chi connectivity index (χ0) is 16.2. The van der Waals surface area contributed by atoms with Gasteiger partial charge in [0.25, 0.3) is 0 Å². The van der Waals surface area contributed by atoms with E-state index in [1.807, 2.05) is 0 Å². The van der Waals surface area contributed by atoms with Crippen molar-refractivity contribution in [2.45, 2.75) is 53.0 Å². The fourth-order valence-electron chi connectivity index (χ4n) is 3.44. The lowest BCUT2D eigenvalue weighted by Gasteiger charge is -2.47. The third kappa shape index (κ3) is 4.43. The molecular formula is C17H35N3O. The smallest absolute Gasteiger partial charge is 0.226 e. The zero-order valence-corrected chi connectivity index (χ0v) is 14.9. The van der Waals surface area contributed by atoms with E-state index < -0.39 is 0 Å². The number of likely N-dealkylation sites (N-methyl/N-ethyl adjacent to an activating group) is 1. The number of rotatable bonds is 6. The molecule has 1 saturated carbocycles. The summed E-state index contributed by atoms with van der Waals surface area (Å²) in [6, 6.07) is 0.227. The lowest BCUT2D eigenvalue weighted by molar-refractivity contribution is -0.143. The Kier molecular flexibility index (Phi) is 6.67. The van der Waals surface area contributed by atoms with Crippen LogP contribution in [0.5, 0.6) is 0 Å². The third-order valence-corrected chi connectivity index (χ3v) is 5.42. The first-order valence-corrected chi connectivity index (χ1v) is 8.40. The lowest BCUT2D eigenvalue weighted by atomic mass is 9.60. The standard InChI is InChI=1S/C17H35N3O/c1-7-10-20(12-11-19(5)6)16(21)14-8-9-15(18)13(2)17(14,3)4/h13-15H,7-12,18H2,1-6H3. The average Bonchev–Trinajstić information content (AvgIpc) is 2.40. The second-order valence-electron chi connectivity index (χ2n) is 7.53. The van der Waals surface area contributed by atoms with Crippen LogP contribution in [0.2, 0.25) is 0 Å². The van der Waals surface area contributed by atoms with Crippen LogP contribution in [0.4, 0.5) is 0 Å². The number of amides is 1. The van der Waals surface area contributed by atoms with E-state index in [0.29, 0.717) is 11.8 Å². The first-order chi connectivity index (χ1) is 9.71. The van der Waals surface area contributed by atoms with Gasteiger partial charge in [-0.2, -0.15) is 0 Å². The molecular weight excluding hydrogens is 262 g/mol. The van der Waals surface area contributed by atoms with Crippen molar-refractivity contribution >= 4 is 5.91 Å². The Morgan fingerprint density at radius 2 is 1.81 bits per heavy atom. The van der Waals surface area contributed by atoms with E-state index in [1.54, 1.807) is 0 Å². The van der Waals surface area contributed by atoms with Crippen molar-refractivity contribution in [1.82, 2.24) is 9.80 Å². The highest BCUT2D eigenvalue weighted by molar-refractivity contribution is 5.80. The monoisotopic (exact) mass is 297 g/mol. The maximum Gasteiger partial charge on any atom is 0.226 e. The van der Waals surface area contributed by atoms with Gasteiger partial charge in [0.1, 0.15) is 0 Å². The molecule has 0 aromatic heterocycles. The molecule has 0 aromatic rings. The predicted octanol–water partition coefficient (Wildman–Crippen LogP) is 2.19. The quantitative estimate of drug-likeness (QED) is 0.817. The number of carbonyl (C=O) groups excluding carboxylic acids is 1. The van der Waals surface area contributed by atoms with Gasteiger partial charge in [0, 0.05) is 31.6 Å². The van der Waals surface area contributed by atoms with Crippen LogP contribution in [0.3, 0.4) is 0 Å². The van der Waals surface area contributed by atoms with Gasteiger partial charge in [-0.25, -0.2) is 0 Å². The Balaban J connectivity index is 2.82. The molecule has 0 radical (unpaired) electrons. The van der Waals surface area contributed by atoms with Crippen molar-refractivity contribution in [2.24, 2.45) is 23.0 Å². The minimum atomic E-state index is -0.0150. The molecule has 1 amide bonds. The van der Waals surface area contributed by atoms with E-state index in [-0.39, 0.29) is 17.4 Å². The molecule has 4 heteroatoms. The van der Waals surface area contributed by atoms with Crippen LogP contribution in [-0.4, -0.2) is 55.5 Å². The highest BCUT2D eigenvalue weighted by atomic mass is 16.2. The predicted molar refractivity (Wildman–Crippen MR) is 89.1 cm³/mol. The van der Waals surface area contributed by atoms with Gasteiger partial charge < -0.3 is 15.5 Å². The van der Waals surface area contributed by atoms with E-state index in [9.17, 15) is 4.79 Å². The van der Waals surface area contributed by atoms with E-state index in [4.69, 9.17) is 5.73 Å². The minimum absolute atomic E-state index is 0.0150. The molecule has 0 heterocycles. The summed E-state index contributed by atoms with van der Waals surface area (Å²) in [6.45, 7) is 11.4. The molecule has 1 rings (SSSR count). The highest BCUT2D eigenvalue weighted by Gasteiger charge is 2.46. The molecule has 4 nitrogen and oxygen atoms in total. The fourth-order valence-corrected chi connectivity index (χ4v) is 3.44. The molecule has 1 fully saturated rings. The topological polar surface area (TPSA) is 49.6 Å². The van der Waals surface area contributed by atoms with Crippen molar-refractivity contribution in [1.29, 1.82) is 0 Å². The normalized spacial score (nSPS) is 28.7. The van der Waals surface area contributed by atoms with Crippen LogP contribution in [0.15, 0.2) is 0 Å². The minimum Gasteiger partial charge on any atom is -0.341 e. The summed E-state index contributed by atoms with van der Waals surface area (Å²) in [7, 11) is 4.11. The molecule has 0 saturated heterocycles. The molecule has 1 aliphatic carbocycles. The van der Waals surface area contributed by atoms with Gasteiger partial charge in [0.2, 0.25) is 5.91 Å². The van der Waals surface area contributed by atoms with E-state index in [2.05, 4.69) is 51.6 Å². The van der Waals surface area contributed by atoms with E-state index in [1.165, 1.54) is 0 Å². The van der Waals surface area contributed by atoms with Crippen LogP contribution >= 0.6 is 0 Å². The average molecular weight is 297 g/mol. The van der Waals surface area contributed by atoms with Gasteiger partial charge in [0.15, 0.2) is 0 Å². The summed E-state index contributed by atoms with van der Waals surface area (Å²) in [4.78, 5) is 17.2. The van der Waals surface area contributed by atoms with Crippen LogP contribution < -0.4 is 5.73 Å². The SMILES string of the molecule is CCCN(CCN(C)C)C(=O)C1CCC(N)C(C)C1(C)C. The summed E-state index contributed by atoms with van der Waals surface area (Å²) in [5, 5.41) is 0. The Hall–Kier alpha value is -0.610. The summed E-state index contributed by atoms with van der Waals surface area (Å²) in [5.74, 6) is 0.834. The molecule has 0 bridgehead atoms. The molecule has 0 aliphatic heterocycles. The van der Waals surface area contributed by atoms with Crippen LogP contribution in [-0.2, 0) is 4.79 Å². The lowest BCUT2D eigenvalue weighted by Crippen LogP contribution is -2.53. The molecule has 3 atom stereocenters. The Morgan fingerprint density at radius 1 is 1.19 bits per heavy atom. The number of nitrogens with two attached hydrogens (primary N) is 1. The second kappa shape index (κ2) is 7.59. The number of hydrogen-bond acceptors (Lipinski definition) is 3. The zero-order valence-electron chi connectivity index (χ0n) is 14.9. The summed E-state index contributed by atoms with van der Waals surface area (Å²) < 4.78 is 0. The first-order valence-electron chi connectivity index (χ1n) is 8.40. The Bertz CT molecular complexity index is 341. The van der Waals surface area contributed by atoms with Gasteiger partial charge >= 0.3 is 0 Å². The number of carbonyl (C=O) groups is 1. The Labute approximate surface area is 131 Å². The fraction of sp³-hybridized carbons (Fsp3) is 0.941. The Morgan fingerprint density at radius 3 is 2.33 bits per heavy atom. The highest BCUT2D eigenvalue weighted by Crippen LogP contribution is 2.45. The molecule has 1 aliphatic rings. The van der Waals surface area contributed by atoms with Crippen molar-refractivity contribution in [3.8, 4) is 0 Å². The molecule has 3 unspecified atom stereocenters. The molecule has 0 aromatic carbocycles. The van der Waals surface area contributed by atoms with Crippen molar-refractivity contribution in [2.75, 3.05) is 33.7 Å². The molecule has 21 heavy (non-hydrogen) atoms. The molecule has 2 N–H and O–H groups in total. The van der Waals surface area contributed by atoms with Gasteiger partial charge in [0.05, 0.1) is 0 Å². The number of hydrogen-bond donors (Lipinski definition) is 1. The second-order valence-corrected chi connectivity index (χ2v) is 7.53. The van der Waals surface area contributed by atoms with Gasteiger partial charge in [-0.1, -0.05) is 27.7 Å². The van der Waals surface area contributed by atoms with Crippen LogP contribution in [0.25, 0.3) is 0 Å². The first kappa shape index (κ1) is 18.4. The van der Waals surface area contributed by atoms with Gasteiger partial charge in [-0.15, -0.1) is 0 Å². The maximum absolute atomic E-state index is 13.0. The van der Waals surface area contributed by atoms with Gasteiger partial charge in [-0.3, -0.25) is 4.79 Å². The summed E-state index contributed by atoms with van der Waals surface area (Å²) >= 11 is 0. The maximum atomic E-state index is 13.0. The summed E-state index contributed by atoms with van der Waals surface area (Å²) in [6.07, 6.45) is 2.91. The molecule has 0 spiro atoms. The van der Waals surface area contributed by atoms with E-state index in [0.717, 1.165) is 38.9 Å². The van der Waals surface area contributed by atoms with Crippen molar-refractivity contribution < 1.29 is 4.79 Å².